The fraction of sp³-hybridized carbons (Fsp3) is 0.381. The van der Waals surface area contributed by atoms with Gasteiger partial charge in [0, 0.05) is 6.54 Å². The zero-order chi connectivity index (χ0) is 17.7. The van der Waals surface area contributed by atoms with E-state index in [1.165, 1.54) is 5.56 Å². The van der Waals surface area contributed by atoms with Gasteiger partial charge in [-0.3, -0.25) is 4.90 Å². The van der Waals surface area contributed by atoms with Gasteiger partial charge in [0.2, 0.25) is 0 Å². The third kappa shape index (κ3) is 5.12. The fourth-order valence-electron chi connectivity index (χ4n) is 2.57. The molecule has 1 atom stereocenters. The number of hydrogen-bond donors (Lipinski definition) is 0. The van der Waals surface area contributed by atoms with E-state index in [0.29, 0.717) is 6.54 Å². The molecule has 0 saturated carbocycles. The molecule has 0 aliphatic heterocycles. The van der Waals surface area contributed by atoms with Crippen LogP contribution in [0.15, 0.2) is 54.6 Å². The number of hydrogen-bond acceptors (Lipinski definition) is 2. The summed E-state index contributed by atoms with van der Waals surface area (Å²) in [6, 6.07) is 18.2. The topological polar surface area (TPSA) is 29.5 Å². The molecule has 0 aromatic heterocycles. The molecule has 3 nitrogen and oxygen atoms in total. The van der Waals surface area contributed by atoms with E-state index in [1.807, 2.05) is 64.1 Å². The highest BCUT2D eigenvalue weighted by Gasteiger charge is 2.27. The third-order valence-electron chi connectivity index (χ3n) is 3.82. The molecule has 2 rings (SSSR count). The van der Waals surface area contributed by atoms with Crippen LogP contribution in [0.4, 0.5) is 4.79 Å². The molecule has 0 heterocycles. The van der Waals surface area contributed by atoms with E-state index in [-0.39, 0.29) is 12.1 Å². The molecule has 1 unspecified atom stereocenters. The number of aryl methyl sites for hydroxylation is 1. The fourth-order valence-corrected chi connectivity index (χ4v) is 2.57. The van der Waals surface area contributed by atoms with E-state index >= 15 is 0 Å². The Hall–Kier alpha value is -2.29. The first-order valence-corrected chi connectivity index (χ1v) is 8.36. The zero-order valence-corrected chi connectivity index (χ0v) is 15.2. The number of nitrogens with zero attached hydrogens (tertiary/aromatic N) is 1. The Bertz CT molecular complexity index is 674. The van der Waals surface area contributed by atoms with Gasteiger partial charge in [0.1, 0.15) is 5.60 Å². The number of benzene rings is 2. The second kappa shape index (κ2) is 7.52. The maximum absolute atomic E-state index is 12.8. The van der Waals surface area contributed by atoms with Crippen molar-refractivity contribution < 1.29 is 9.53 Å². The summed E-state index contributed by atoms with van der Waals surface area (Å²) >= 11 is 0. The molecule has 0 saturated heterocycles. The smallest absolute Gasteiger partial charge is 0.411 e. The molecule has 128 valence electrons. The van der Waals surface area contributed by atoms with Crippen molar-refractivity contribution in [3.8, 4) is 0 Å². The normalized spacial score (nSPS) is 12.5. The van der Waals surface area contributed by atoms with Crippen LogP contribution in [0.25, 0.3) is 0 Å². The van der Waals surface area contributed by atoms with Crippen molar-refractivity contribution >= 4 is 6.09 Å². The Labute approximate surface area is 145 Å². The summed E-state index contributed by atoms with van der Waals surface area (Å²) in [4.78, 5) is 14.6. The SMILES string of the molecule is Cc1cccc(C(C)N(Cc2ccccc2)C(=O)OC(C)(C)C)c1. The maximum Gasteiger partial charge on any atom is 0.411 e. The highest BCUT2D eigenvalue weighted by molar-refractivity contribution is 5.69. The highest BCUT2D eigenvalue weighted by atomic mass is 16.6. The first-order chi connectivity index (χ1) is 11.3. The maximum atomic E-state index is 12.8. The average Bonchev–Trinajstić information content (AvgIpc) is 2.51. The molecule has 24 heavy (non-hydrogen) atoms. The standard InChI is InChI=1S/C21H27NO2/c1-16-10-9-13-19(14-16)17(2)22(20(23)24-21(3,4)5)15-18-11-7-6-8-12-18/h6-14,17H,15H2,1-5H3. The van der Waals surface area contributed by atoms with E-state index in [4.69, 9.17) is 4.74 Å². The van der Waals surface area contributed by atoms with E-state index in [2.05, 4.69) is 25.1 Å². The van der Waals surface area contributed by atoms with Crippen LogP contribution in [0, 0.1) is 6.92 Å². The molecule has 0 spiro atoms. The van der Waals surface area contributed by atoms with E-state index in [1.54, 1.807) is 4.90 Å². The molecule has 0 radical (unpaired) electrons. The van der Waals surface area contributed by atoms with E-state index in [0.717, 1.165) is 11.1 Å². The van der Waals surface area contributed by atoms with Crippen LogP contribution in [0.3, 0.4) is 0 Å². The van der Waals surface area contributed by atoms with Gasteiger partial charge >= 0.3 is 6.09 Å². The molecule has 0 N–H and O–H groups in total. The Morgan fingerprint density at radius 1 is 1.08 bits per heavy atom. The van der Waals surface area contributed by atoms with Crippen LogP contribution in [-0.4, -0.2) is 16.6 Å². The Kier molecular flexibility index (Phi) is 5.66. The lowest BCUT2D eigenvalue weighted by atomic mass is 10.0. The first kappa shape index (κ1) is 18.1. The summed E-state index contributed by atoms with van der Waals surface area (Å²) in [5, 5.41) is 0. The largest absolute Gasteiger partial charge is 0.444 e. The minimum atomic E-state index is -0.516. The number of rotatable bonds is 4. The Balaban J connectivity index is 2.29. The van der Waals surface area contributed by atoms with Gasteiger partial charge in [-0.15, -0.1) is 0 Å². The van der Waals surface area contributed by atoms with Crippen molar-refractivity contribution in [3.63, 3.8) is 0 Å². The minimum absolute atomic E-state index is 0.0695. The van der Waals surface area contributed by atoms with E-state index < -0.39 is 5.60 Å². The van der Waals surface area contributed by atoms with Crippen LogP contribution in [0.2, 0.25) is 0 Å². The summed E-state index contributed by atoms with van der Waals surface area (Å²) in [5.41, 5.74) is 2.86. The molecular formula is C21H27NO2. The van der Waals surface area contributed by atoms with Crippen molar-refractivity contribution in [1.29, 1.82) is 0 Å². The van der Waals surface area contributed by atoms with Gasteiger partial charge in [-0.05, 0) is 45.7 Å². The molecule has 1 amide bonds. The van der Waals surface area contributed by atoms with Crippen molar-refractivity contribution in [1.82, 2.24) is 4.90 Å². The van der Waals surface area contributed by atoms with Gasteiger partial charge in [0.15, 0.2) is 0 Å². The summed E-state index contributed by atoms with van der Waals surface area (Å²) in [7, 11) is 0. The number of ether oxygens (including phenoxy) is 1. The van der Waals surface area contributed by atoms with Gasteiger partial charge < -0.3 is 4.74 Å². The molecule has 0 aliphatic rings. The lowest BCUT2D eigenvalue weighted by molar-refractivity contribution is 0.0153. The van der Waals surface area contributed by atoms with E-state index in [9.17, 15) is 4.79 Å². The summed E-state index contributed by atoms with van der Waals surface area (Å²) in [5.74, 6) is 0. The van der Waals surface area contributed by atoms with Gasteiger partial charge in [0.05, 0.1) is 6.04 Å². The zero-order valence-electron chi connectivity index (χ0n) is 15.2. The molecule has 2 aromatic carbocycles. The van der Waals surface area contributed by atoms with Gasteiger partial charge in [0.25, 0.3) is 0 Å². The van der Waals surface area contributed by atoms with Crippen LogP contribution in [-0.2, 0) is 11.3 Å². The molecule has 0 aliphatic carbocycles. The second-order valence-corrected chi connectivity index (χ2v) is 7.18. The monoisotopic (exact) mass is 325 g/mol. The van der Waals surface area contributed by atoms with Gasteiger partial charge in [-0.2, -0.15) is 0 Å². The Morgan fingerprint density at radius 2 is 1.75 bits per heavy atom. The summed E-state index contributed by atoms with van der Waals surface area (Å²) in [6.07, 6.45) is -0.291. The lowest BCUT2D eigenvalue weighted by Crippen LogP contribution is -2.38. The third-order valence-corrected chi connectivity index (χ3v) is 3.82. The highest BCUT2D eigenvalue weighted by Crippen LogP contribution is 2.25. The van der Waals surface area contributed by atoms with Crippen LogP contribution in [0.1, 0.15) is 50.4 Å². The predicted octanol–water partition coefficient (Wildman–Crippen LogP) is 5.49. The quantitative estimate of drug-likeness (QED) is 0.743. The summed E-state index contributed by atoms with van der Waals surface area (Å²) in [6.45, 7) is 10.3. The van der Waals surface area contributed by atoms with Crippen molar-refractivity contribution in [2.24, 2.45) is 0 Å². The number of carbonyl (C=O) groups excluding carboxylic acids is 1. The second-order valence-electron chi connectivity index (χ2n) is 7.18. The van der Waals surface area contributed by atoms with Crippen molar-refractivity contribution in [2.75, 3.05) is 0 Å². The summed E-state index contributed by atoms with van der Waals surface area (Å²) < 4.78 is 5.63. The van der Waals surface area contributed by atoms with Crippen molar-refractivity contribution in [3.05, 3.63) is 71.3 Å². The first-order valence-electron chi connectivity index (χ1n) is 8.36. The lowest BCUT2D eigenvalue weighted by Gasteiger charge is -2.32. The molecule has 0 fully saturated rings. The van der Waals surface area contributed by atoms with Crippen LogP contribution in [0.5, 0.6) is 0 Å². The Morgan fingerprint density at radius 3 is 2.33 bits per heavy atom. The van der Waals surface area contributed by atoms with Crippen LogP contribution < -0.4 is 0 Å². The molecule has 0 bridgehead atoms. The minimum Gasteiger partial charge on any atom is -0.444 e. The van der Waals surface area contributed by atoms with Crippen molar-refractivity contribution in [2.45, 2.75) is 52.8 Å². The molecular weight excluding hydrogens is 298 g/mol. The predicted molar refractivity (Wildman–Crippen MR) is 97.8 cm³/mol. The number of amides is 1. The molecule has 3 heteroatoms. The van der Waals surface area contributed by atoms with Gasteiger partial charge in [-0.25, -0.2) is 4.79 Å². The number of carbonyl (C=O) groups is 1. The van der Waals surface area contributed by atoms with Crippen LogP contribution >= 0.6 is 0 Å². The average molecular weight is 325 g/mol. The molecule has 2 aromatic rings. The van der Waals surface area contributed by atoms with Gasteiger partial charge in [-0.1, -0.05) is 60.2 Å².